The first-order valence-electron chi connectivity index (χ1n) is 7.74. The second-order valence-electron chi connectivity index (χ2n) is 6.18. The van der Waals surface area contributed by atoms with Gasteiger partial charge in [-0.1, -0.05) is 6.92 Å². The number of nitrogens with zero attached hydrogens (tertiary/aromatic N) is 1. The molecule has 18 heavy (non-hydrogen) atoms. The van der Waals surface area contributed by atoms with Crippen LogP contribution in [-0.2, 0) is 4.74 Å². The molecule has 1 N–H and O–H groups in total. The summed E-state index contributed by atoms with van der Waals surface area (Å²) in [5, 5.41) is 3.81. The summed E-state index contributed by atoms with van der Waals surface area (Å²) in [5.41, 5.74) is 0. The molecule has 1 saturated carbocycles. The van der Waals surface area contributed by atoms with Crippen LogP contribution in [0, 0.1) is 5.92 Å². The average molecular weight is 254 g/mol. The SMILES string of the molecule is CCCN1CCCC(C(C)NC2CC(OC)C2)C1. The van der Waals surface area contributed by atoms with Crippen molar-refractivity contribution in [1.82, 2.24) is 10.2 Å². The molecule has 3 nitrogen and oxygen atoms in total. The van der Waals surface area contributed by atoms with Gasteiger partial charge in [0.25, 0.3) is 0 Å². The molecule has 0 spiro atoms. The maximum absolute atomic E-state index is 5.34. The molecule has 1 aliphatic carbocycles. The van der Waals surface area contributed by atoms with Crippen LogP contribution in [0.4, 0.5) is 0 Å². The van der Waals surface area contributed by atoms with Crippen LogP contribution in [0.1, 0.15) is 46.0 Å². The van der Waals surface area contributed by atoms with Crippen molar-refractivity contribution in [3.63, 3.8) is 0 Å². The minimum Gasteiger partial charge on any atom is -0.381 e. The van der Waals surface area contributed by atoms with Crippen LogP contribution in [0.5, 0.6) is 0 Å². The van der Waals surface area contributed by atoms with Gasteiger partial charge in [-0.2, -0.15) is 0 Å². The lowest BCUT2D eigenvalue weighted by atomic mass is 9.85. The summed E-state index contributed by atoms with van der Waals surface area (Å²) in [6, 6.07) is 1.36. The van der Waals surface area contributed by atoms with E-state index >= 15 is 0 Å². The van der Waals surface area contributed by atoms with E-state index in [1.54, 1.807) is 0 Å². The van der Waals surface area contributed by atoms with E-state index < -0.39 is 0 Å². The van der Waals surface area contributed by atoms with Crippen LogP contribution >= 0.6 is 0 Å². The summed E-state index contributed by atoms with van der Waals surface area (Å²) in [6.45, 7) is 8.54. The van der Waals surface area contributed by atoms with Crippen LogP contribution in [0.15, 0.2) is 0 Å². The van der Waals surface area contributed by atoms with Crippen molar-refractivity contribution in [2.45, 2.75) is 64.1 Å². The largest absolute Gasteiger partial charge is 0.381 e. The second-order valence-corrected chi connectivity index (χ2v) is 6.18. The highest BCUT2D eigenvalue weighted by Crippen LogP contribution is 2.26. The standard InChI is InChI=1S/C15H30N2O/c1-4-7-17-8-5-6-13(11-17)12(2)16-14-9-15(10-14)18-3/h12-16H,4-11H2,1-3H3. The van der Waals surface area contributed by atoms with Crippen LogP contribution < -0.4 is 5.32 Å². The number of piperidine rings is 1. The Morgan fingerprint density at radius 1 is 1.39 bits per heavy atom. The molecule has 0 aromatic heterocycles. The Bertz CT molecular complexity index is 239. The molecule has 0 amide bonds. The van der Waals surface area contributed by atoms with E-state index in [-0.39, 0.29) is 0 Å². The van der Waals surface area contributed by atoms with Crippen molar-refractivity contribution in [2.24, 2.45) is 5.92 Å². The maximum atomic E-state index is 5.34. The van der Waals surface area contributed by atoms with Crippen LogP contribution in [-0.4, -0.2) is 49.8 Å². The Balaban J connectivity index is 1.70. The lowest BCUT2D eigenvalue weighted by Crippen LogP contribution is -2.52. The average Bonchev–Trinajstić information content (AvgIpc) is 2.33. The van der Waals surface area contributed by atoms with Crippen LogP contribution in [0.25, 0.3) is 0 Å². The van der Waals surface area contributed by atoms with Crippen LogP contribution in [0.3, 0.4) is 0 Å². The molecule has 0 radical (unpaired) electrons. The molecular formula is C15H30N2O. The van der Waals surface area contributed by atoms with Gasteiger partial charge in [0.15, 0.2) is 0 Å². The molecule has 0 aromatic rings. The van der Waals surface area contributed by atoms with Crippen molar-refractivity contribution >= 4 is 0 Å². The Morgan fingerprint density at radius 2 is 2.17 bits per heavy atom. The Labute approximate surface area is 112 Å². The minimum atomic E-state index is 0.512. The first-order chi connectivity index (χ1) is 8.72. The third kappa shape index (κ3) is 3.69. The minimum absolute atomic E-state index is 0.512. The van der Waals surface area contributed by atoms with Gasteiger partial charge in [0.05, 0.1) is 6.10 Å². The zero-order valence-corrected chi connectivity index (χ0v) is 12.3. The number of methoxy groups -OCH3 is 1. The molecule has 1 heterocycles. The van der Waals surface area contributed by atoms with Crippen molar-refractivity contribution < 1.29 is 4.74 Å². The van der Waals surface area contributed by atoms with Gasteiger partial charge in [-0.25, -0.2) is 0 Å². The van der Waals surface area contributed by atoms with E-state index in [2.05, 4.69) is 24.1 Å². The first kappa shape index (κ1) is 14.3. The van der Waals surface area contributed by atoms with Gasteiger partial charge >= 0.3 is 0 Å². The Morgan fingerprint density at radius 3 is 2.83 bits per heavy atom. The molecule has 106 valence electrons. The van der Waals surface area contributed by atoms with Gasteiger partial charge in [0.2, 0.25) is 0 Å². The summed E-state index contributed by atoms with van der Waals surface area (Å²) in [7, 11) is 1.83. The predicted octanol–water partition coefficient (Wildman–Crippen LogP) is 2.26. The van der Waals surface area contributed by atoms with E-state index in [4.69, 9.17) is 4.74 Å². The van der Waals surface area contributed by atoms with Crippen molar-refractivity contribution in [3.05, 3.63) is 0 Å². The zero-order chi connectivity index (χ0) is 13.0. The van der Waals surface area contributed by atoms with Crippen molar-refractivity contribution in [3.8, 4) is 0 Å². The number of hydrogen-bond donors (Lipinski definition) is 1. The summed E-state index contributed by atoms with van der Waals surface area (Å²) in [5.74, 6) is 0.840. The van der Waals surface area contributed by atoms with Gasteiger partial charge in [-0.05, 0) is 58.0 Å². The highest BCUT2D eigenvalue weighted by molar-refractivity contribution is 4.90. The quantitative estimate of drug-likeness (QED) is 0.787. The van der Waals surface area contributed by atoms with Gasteiger partial charge in [0.1, 0.15) is 0 Å². The van der Waals surface area contributed by atoms with Gasteiger partial charge in [-0.3, -0.25) is 0 Å². The van der Waals surface area contributed by atoms with Gasteiger partial charge in [-0.15, -0.1) is 0 Å². The van der Waals surface area contributed by atoms with Gasteiger partial charge in [0, 0.05) is 25.7 Å². The van der Waals surface area contributed by atoms with E-state index in [0.29, 0.717) is 18.2 Å². The number of nitrogens with one attached hydrogen (secondary N) is 1. The fraction of sp³-hybridized carbons (Fsp3) is 1.00. The molecular weight excluding hydrogens is 224 g/mol. The number of ether oxygens (including phenoxy) is 1. The number of hydrogen-bond acceptors (Lipinski definition) is 3. The van der Waals surface area contributed by atoms with E-state index in [1.807, 2.05) is 7.11 Å². The van der Waals surface area contributed by atoms with E-state index in [1.165, 1.54) is 51.7 Å². The summed E-state index contributed by atoms with van der Waals surface area (Å²) in [6.07, 6.45) is 6.97. The Kier molecular flexibility index (Phi) is 5.46. The maximum Gasteiger partial charge on any atom is 0.0601 e. The molecule has 0 bridgehead atoms. The molecule has 2 atom stereocenters. The molecule has 2 aliphatic rings. The summed E-state index contributed by atoms with van der Waals surface area (Å²) in [4.78, 5) is 2.64. The summed E-state index contributed by atoms with van der Waals surface area (Å²) >= 11 is 0. The van der Waals surface area contributed by atoms with Crippen molar-refractivity contribution in [1.29, 1.82) is 0 Å². The van der Waals surface area contributed by atoms with E-state index in [0.717, 1.165) is 5.92 Å². The molecule has 2 rings (SSSR count). The molecule has 2 unspecified atom stereocenters. The summed E-state index contributed by atoms with van der Waals surface area (Å²) < 4.78 is 5.34. The topological polar surface area (TPSA) is 24.5 Å². The molecule has 1 aliphatic heterocycles. The highest BCUT2D eigenvalue weighted by Gasteiger charge is 2.32. The van der Waals surface area contributed by atoms with Crippen molar-refractivity contribution in [2.75, 3.05) is 26.7 Å². The molecule has 3 heteroatoms. The zero-order valence-electron chi connectivity index (χ0n) is 12.3. The fourth-order valence-corrected chi connectivity index (χ4v) is 3.42. The lowest BCUT2D eigenvalue weighted by Gasteiger charge is -2.41. The first-order valence-corrected chi connectivity index (χ1v) is 7.74. The van der Waals surface area contributed by atoms with E-state index in [9.17, 15) is 0 Å². The smallest absolute Gasteiger partial charge is 0.0601 e. The molecule has 0 aromatic carbocycles. The lowest BCUT2D eigenvalue weighted by molar-refractivity contribution is 0.0104. The number of rotatable bonds is 6. The normalized spacial score (nSPS) is 35.2. The van der Waals surface area contributed by atoms with Crippen LogP contribution in [0.2, 0.25) is 0 Å². The third-order valence-corrected chi connectivity index (χ3v) is 4.72. The predicted molar refractivity (Wildman–Crippen MR) is 75.9 cm³/mol. The monoisotopic (exact) mass is 254 g/mol. The highest BCUT2D eigenvalue weighted by atomic mass is 16.5. The fourth-order valence-electron chi connectivity index (χ4n) is 3.42. The number of likely N-dealkylation sites (tertiary alicyclic amines) is 1. The third-order valence-electron chi connectivity index (χ3n) is 4.72. The Hall–Kier alpha value is -0.120. The second kappa shape index (κ2) is 6.88. The molecule has 1 saturated heterocycles. The molecule has 2 fully saturated rings. The van der Waals surface area contributed by atoms with Gasteiger partial charge < -0.3 is 15.0 Å².